The molecule has 114 valence electrons. The molecule has 3 nitrogen and oxygen atoms in total. The Morgan fingerprint density at radius 3 is 2.67 bits per heavy atom. The number of nitrogens with zero attached hydrogens (tertiary/aromatic N) is 2. The molecule has 1 atom stereocenters. The van der Waals surface area contributed by atoms with Crippen molar-refractivity contribution in [3.05, 3.63) is 50.2 Å². The van der Waals surface area contributed by atoms with E-state index in [9.17, 15) is 5.11 Å². The van der Waals surface area contributed by atoms with Gasteiger partial charge in [0.1, 0.15) is 0 Å². The molecule has 1 heterocycles. The summed E-state index contributed by atoms with van der Waals surface area (Å²) >= 11 is 9.75. The highest BCUT2D eigenvalue weighted by molar-refractivity contribution is 9.10. The molecule has 0 spiro atoms. The van der Waals surface area contributed by atoms with Crippen molar-refractivity contribution in [2.75, 3.05) is 0 Å². The van der Waals surface area contributed by atoms with E-state index in [2.05, 4.69) is 34.9 Å². The van der Waals surface area contributed by atoms with Gasteiger partial charge in [0.15, 0.2) is 0 Å². The molecule has 1 unspecified atom stereocenters. The minimum absolute atomic E-state index is 0.515. The summed E-state index contributed by atoms with van der Waals surface area (Å²) in [4.78, 5) is 0. The van der Waals surface area contributed by atoms with Crippen molar-refractivity contribution in [3.63, 3.8) is 0 Å². The SMILES string of the molecule is CCc1nn(CC)c(CC(O)c2ccc(C)c(Cl)c2)c1Br. The summed E-state index contributed by atoms with van der Waals surface area (Å²) in [5.74, 6) is 0. The highest BCUT2D eigenvalue weighted by Gasteiger charge is 2.18. The largest absolute Gasteiger partial charge is 0.388 e. The van der Waals surface area contributed by atoms with Gasteiger partial charge in [0.25, 0.3) is 0 Å². The topological polar surface area (TPSA) is 38.0 Å². The molecule has 0 aliphatic rings. The fraction of sp³-hybridized carbons (Fsp3) is 0.438. The highest BCUT2D eigenvalue weighted by atomic mass is 79.9. The second-order valence-electron chi connectivity index (χ2n) is 5.11. The third-order valence-electron chi connectivity index (χ3n) is 3.66. The summed E-state index contributed by atoms with van der Waals surface area (Å²) < 4.78 is 2.95. The van der Waals surface area contributed by atoms with Gasteiger partial charge in [-0.25, -0.2) is 0 Å². The number of hydrogen-bond donors (Lipinski definition) is 1. The number of aryl methyl sites for hydroxylation is 3. The zero-order chi connectivity index (χ0) is 15.6. The second-order valence-corrected chi connectivity index (χ2v) is 6.31. The highest BCUT2D eigenvalue weighted by Crippen LogP contribution is 2.29. The molecule has 1 N–H and O–H groups in total. The lowest BCUT2D eigenvalue weighted by Gasteiger charge is -2.13. The van der Waals surface area contributed by atoms with Crippen LogP contribution in [0, 0.1) is 6.92 Å². The Balaban J connectivity index is 2.28. The molecule has 2 aromatic rings. The van der Waals surface area contributed by atoms with E-state index in [0.29, 0.717) is 11.4 Å². The molecule has 5 heteroatoms. The van der Waals surface area contributed by atoms with E-state index in [1.54, 1.807) is 0 Å². The molecule has 21 heavy (non-hydrogen) atoms. The van der Waals surface area contributed by atoms with Crippen molar-refractivity contribution >= 4 is 27.5 Å². The van der Waals surface area contributed by atoms with Gasteiger partial charge in [-0.3, -0.25) is 4.68 Å². The molecule has 0 saturated carbocycles. The van der Waals surface area contributed by atoms with E-state index < -0.39 is 6.10 Å². The summed E-state index contributed by atoms with van der Waals surface area (Å²) in [5.41, 5.74) is 3.90. The lowest BCUT2D eigenvalue weighted by molar-refractivity contribution is 0.175. The molecule has 0 fully saturated rings. The van der Waals surface area contributed by atoms with Crippen LogP contribution >= 0.6 is 27.5 Å². The molecular formula is C16H20BrClN2O. The van der Waals surface area contributed by atoms with Crippen molar-refractivity contribution in [3.8, 4) is 0 Å². The third kappa shape index (κ3) is 3.50. The molecule has 0 amide bonds. The van der Waals surface area contributed by atoms with Gasteiger partial charge in [-0.1, -0.05) is 30.7 Å². The number of benzene rings is 1. The zero-order valence-electron chi connectivity index (χ0n) is 12.5. The Hall–Kier alpha value is -0.840. The number of aliphatic hydroxyl groups excluding tert-OH is 1. The molecule has 1 aromatic carbocycles. The van der Waals surface area contributed by atoms with E-state index in [4.69, 9.17) is 11.6 Å². The van der Waals surface area contributed by atoms with E-state index in [1.807, 2.05) is 29.8 Å². The molecule has 0 bridgehead atoms. The molecule has 2 rings (SSSR count). The van der Waals surface area contributed by atoms with Gasteiger partial charge in [0.05, 0.1) is 22.0 Å². The number of aliphatic hydroxyl groups is 1. The van der Waals surface area contributed by atoms with Gasteiger partial charge < -0.3 is 5.11 Å². The van der Waals surface area contributed by atoms with Crippen molar-refractivity contribution in [1.29, 1.82) is 0 Å². The van der Waals surface area contributed by atoms with Crippen LogP contribution in [0.2, 0.25) is 5.02 Å². The molecule has 0 aliphatic heterocycles. The van der Waals surface area contributed by atoms with Crippen LogP contribution in [0.5, 0.6) is 0 Å². The van der Waals surface area contributed by atoms with Crippen LogP contribution in [0.25, 0.3) is 0 Å². The Kier molecular flexibility index (Phi) is 5.47. The van der Waals surface area contributed by atoms with Gasteiger partial charge in [-0.05, 0) is 53.4 Å². The van der Waals surface area contributed by atoms with Crippen molar-refractivity contribution in [2.24, 2.45) is 0 Å². The maximum absolute atomic E-state index is 10.5. The van der Waals surface area contributed by atoms with E-state index in [0.717, 1.165) is 40.0 Å². The zero-order valence-corrected chi connectivity index (χ0v) is 14.9. The molecule has 0 saturated heterocycles. The predicted molar refractivity (Wildman–Crippen MR) is 89.8 cm³/mol. The van der Waals surface area contributed by atoms with Crippen molar-refractivity contribution in [2.45, 2.75) is 46.3 Å². The molecular weight excluding hydrogens is 352 g/mol. The Bertz CT molecular complexity index is 639. The number of aromatic nitrogens is 2. The Morgan fingerprint density at radius 2 is 2.10 bits per heavy atom. The summed E-state index contributed by atoms with van der Waals surface area (Å²) in [6.07, 6.45) is 0.791. The van der Waals surface area contributed by atoms with E-state index in [1.165, 1.54) is 0 Å². The van der Waals surface area contributed by atoms with Crippen LogP contribution in [-0.2, 0) is 19.4 Å². The molecule has 0 radical (unpaired) electrons. The Morgan fingerprint density at radius 1 is 1.38 bits per heavy atom. The van der Waals surface area contributed by atoms with Crippen molar-refractivity contribution < 1.29 is 5.11 Å². The molecule has 1 aromatic heterocycles. The van der Waals surface area contributed by atoms with Crippen molar-refractivity contribution in [1.82, 2.24) is 9.78 Å². The van der Waals surface area contributed by atoms with Gasteiger partial charge >= 0.3 is 0 Å². The minimum atomic E-state index is -0.592. The first-order valence-corrected chi connectivity index (χ1v) is 8.33. The van der Waals surface area contributed by atoms with E-state index in [-0.39, 0.29) is 0 Å². The quantitative estimate of drug-likeness (QED) is 0.842. The number of hydrogen-bond acceptors (Lipinski definition) is 2. The van der Waals surface area contributed by atoms with Crippen LogP contribution in [0.1, 0.15) is 42.5 Å². The Labute approximate surface area is 139 Å². The monoisotopic (exact) mass is 370 g/mol. The first-order chi connectivity index (χ1) is 9.97. The van der Waals surface area contributed by atoms with E-state index >= 15 is 0 Å². The fourth-order valence-corrected chi connectivity index (χ4v) is 3.24. The predicted octanol–water partition coefficient (Wildman–Crippen LogP) is 4.47. The standard InChI is InChI=1S/C16H20BrClN2O/c1-4-13-16(17)14(20(5-2)19-13)9-15(21)11-7-6-10(3)12(18)8-11/h6-8,15,21H,4-5,9H2,1-3H3. The lowest BCUT2D eigenvalue weighted by atomic mass is 10.0. The smallest absolute Gasteiger partial charge is 0.0846 e. The lowest BCUT2D eigenvalue weighted by Crippen LogP contribution is -2.09. The first kappa shape index (κ1) is 16.5. The summed E-state index contributed by atoms with van der Waals surface area (Å²) in [6, 6.07) is 5.69. The van der Waals surface area contributed by atoms with Crippen LogP contribution in [0.3, 0.4) is 0 Å². The van der Waals surface area contributed by atoms with Crippen LogP contribution in [-0.4, -0.2) is 14.9 Å². The van der Waals surface area contributed by atoms with Crippen LogP contribution in [0.15, 0.2) is 22.7 Å². The minimum Gasteiger partial charge on any atom is -0.388 e. The number of halogens is 2. The maximum Gasteiger partial charge on any atom is 0.0846 e. The van der Waals surface area contributed by atoms with Gasteiger partial charge in [-0.15, -0.1) is 0 Å². The number of rotatable bonds is 5. The third-order valence-corrected chi connectivity index (χ3v) is 4.98. The van der Waals surface area contributed by atoms with Gasteiger partial charge in [0, 0.05) is 18.0 Å². The average molecular weight is 372 g/mol. The van der Waals surface area contributed by atoms with Gasteiger partial charge in [-0.2, -0.15) is 5.10 Å². The first-order valence-electron chi connectivity index (χ1n) is 7.16. The maximum atomic E-state index is 10.5. The summed E-state index contributed by atoms with van der Waals surface area (Å²) in [7, 11) is 0. The normalized spacial score (nSPS) is 12.7. The summed E-state index contributed by atoms with van der Waals surface area (Å²) in [5, 5.41) is 15.7. The average Bonchev–Trinajstić information content (AvgIpc) is 2.78. The molecule has 0 aliphatic carbocycles. The fourth-order valence-electron chi connectivity index (χ4n) is 2.33. The van der Waals surface area contributed by atoms with Gasteiger partial charge in [0.2, 0.25) is 0 Å². The second kappa shape index (κ2) is 6.95. The van der Waals surface area contributed by atoms with Crippen LogP contribution < -0.4 is 0 Å². The van der Waals surface area contributed by atoms with Crippen LogP contribution in [0.4, 0.5) is 0 Å². The summed E-state index contributed by atoms with van der Waals surface area (Å²) in [6.45, 7) is 6.87.